The molecule has 0 spiro atoms. The fourth-order valence-corrected chi connectivity index (χ4v) is 4.07. The summed E-state index contributed by atoms with van der Waals surface area (Å²) >= 11 is 1.14. The number of carboxylic acids is 1. The molecule has 0 radical (unpaired) electrons. The first kappa shape index (κ1) is 21.3. The number of anilines is 1. The zero-order chi connectivity index (χ0) is 22.5. The number of benzene rings is 3. The molecule has 1 aliphatic heterocycles. The molecule has 1 aliphatic rings. The Kier molecular flexibility index (Phi) is 6.27. The third kappa shape index (κ3) is 5.01. The predicted molar refractivity (Wildman–Crippen MR) is 125 cm³/mol. The number of nitrogens with zero attached hydrogens (tertiary/aromatic N) is 2. The molecule has 0 saturated carbocycles. The Morgan fingerprint density at radius 3 is 2.59 bits per heavy atom. The molecule has 1 atom stereocenters. The molecular weight excluding hydrogens is 428 g/mol. The van der Waals surface area contributed by atoms with Gasteiger partial charge in [0.25, 0.3) is 0 Å². The summed E-state index contributed by atoms with van der Waals surface area (Å²) in [5, 5.41) is 24.0. The number of rotatable bonds is 6. The second kappa shape index (κ2) is 9.44. The van der Waals surface area contributed by atoms with Gasteiger partial charge in [0.15, 0.2) is 5.17 Å². The SMILES string of the molecule is O=C(CC1SC(=NN=Cc2ccc(C(=O)O)cc2)NC1=O)Nc1cccc2ccccc12. The minimum Gasteiger partial charge on any atom is -0.478 e. The molecule has 1 unspecified atom stereocenters. The summed E-state index contributed by atoms with van der Waals surface area (Å²) in [6.45, 7) is 0. The summed E-state index contributed by atoms with van der Waals surface area (Å²) in [5.74, 6) is -1.57. The van der Waals surface area contributed by atoms with Gasteiger partial charge in [0.05, 0.1) is 11.8 Å². The zero-order valence-electron chi connectivity index (χ0n) is 16.7. The smallest absolute Gasteiger partial charge is 0.335 e. The first-order valence-electron chi connectivity index (χ1n) is 9.69. The highest BCUT2D eigenvalue weighted by Crippen LogP contribution is 2.26. The monoisotopic (exact) mass is 446 g/mol. The third-order valence-electron chi connectivity index (χ3n) is 4.72. The third-order valence-corrected chi connectivity index (χ3v) is 5.80. The molecule has 4 rings (SSSR count). The lowest BCUT2D eigenvalue weighted by atomic mass is 10.1. The Balaban J connectivity index is 1.36. The number of thioether (sulfide) groups is 1. The number of carbonyl (C=O) groups excluding carboxylic acids is 2. The van der Waals surface area contributed by atoms with E-state index in [0.29, 0.717) is 16.4 Å². The zero-order valence-corrected chi connectivity index (χ0v) is 17.5. The summed E-state index contributed by atoms with van der Waals surface area (Å²) < 4.78 is 0. The molecule has 2 amide bonds. The van der Waals surface area contributed by atoms with Crippen molar-refractivity contribution >= 4 is 57.4 Å². The molecule has 32 heavy (non-hydrogen) atoms. The highest BCUT2D eigenvalue weighted by atomic mass is 32.2. The van der Waals surface area contributed by atoms with Crippen molar-refractivity contribution in [3.8, 4) is 0 Å². The topological polar surface area (TPSA) is 120 Å². The van der Waals surface area contributed by atoms with Crippen molar-refractivity contribution < 1.29 is 19.5 Å². The van der Waals surface area contributed by atoms with Crippen molar-refractivity contribution in [1.29, 1.82) is 0 Å². The van der Waals surface area contributed by atoms with Gasteiger partial charge in [0, 0.05) is 17.5 Å². The number of hydrogen-bond acceptors (Lipinski definition) is 6. The number of nitrogens with one attached hydrogen (secondary N) is 2. The summed E-state index contributed by atoms with van der Waals surface area (Å²) in [4.78, 5) is 35.6. The quantitative estimate of drug-likeness (QED) is 0.395. The van der Waals surface area contributed by atoms with Crippen LogP contribution < -0.4 is 10.6 Å². The van der Waals surface area contributed by atoms with E-state index in [4.69, 9.17) is 5.11 Å². The molecule has 1 saturated heterocycles. The molecule has 3 aromatic rings. The maximum Gasteiger partial charge on any atom is 0.335 e. The molecule has 0 aromatic heterocycles. The molecular formula is C23H18N4O4S. The van der Waals surface area contributed by atoms with E-state index in [1.54, 1.807) is 12.1 Å². The van der Waals surface area contributed by atoms with E-state index in [0.717, 1.165) is 22.5 Å². The van der Waals surface area contributed by atoms with Crippen LogP contribution in [0.4, 0.5) is 5.69 Å². The Bertz CT molecular complexity index is 1250. The minimum atomic E-state index is -1.01. The van der Waals surface area contributed by atoms with E-state index in [-0.39, 0.29) is 23.8 Å². The van der Waals surface area contributed by atoms with E-state index in [9.17, 15) is 14.4 Å². The van der Waals surface area contributed by atoms with Crippen molar-refractivity contribution in [2.45, 2.75) is 11.7 Å². The van der Waals surface area contributed by atoms with Gasteiger partial charge in [-0.25, -0.2) is 4.79 Å². The lowest BCUT2D eigenvalue weighted by Crippen LogP contribution is -2.28. The number of amides is 2. The molecule has 8 nitrogen and oxygen atoms in total. The van der Waals surface area contributed by atoms with Crippen molar-refractivity contribution in [3.63, 3.8) is 0 Å². The summed E-state index contributed by atoms with van der Waals surface area (Å²) in [6.07, 6.45) is 1.45. The number of fused-ring (bicyclic) bond motifs is 1. The number of carboxylic acid groups (broad SMARTS) is 1. The number of carbonyl (C=O) groups is 3. The van der Waals surface area contributed by atoms with Gasteiger partial charge in [-0.3, -0.25) is 9.59 Å². The average Bonchev–Trinajstić information content (AvgIpc) is 3.13. The van der Waals surface area contributed by atoms with Gasteiger partial charge in [0.2, 0.25) is 11.8 Å². The van der Waals surface area contributed by atoms with Crippen LogP contribution in [-0.4, -0.2) is 39.5 Å². The fraction of sp³-hybridized carbons (Fsp3) is 0.0870. The average molecular weight is 446 g/mol. The van der Waals surface area contributed by atoms with Crippen LogP contribution in [0.1, 0.15) is 22.3 Å². The van der Waals surface area contributed by atoms with E-state index in [1.807, 2.05) is 42.5 Å². The van der Waals surface area contributed by atoms with Crippen LogP contribution in [0.5, 0.6) is 0 Å². The van der Waals surface area contributed by atoms with Crippen LogP contribution in [0.15, 0.2) is 76.9 Å². The Morgan fingerprint density at radius 2 is 1.81 bits per heavy atom. The Morgan fingerprint density at radius 1 is 1.06 bits per heavy atom. The van der Waals surface area contributed by atoms with Gasteiger partial charge in [0.1, 0.15) is 5.25 Å². The summed E-state index contributed by atoms with van der Waals surface area (Å²) in [7, 11) is 0. The molecule has 3 N–H and O–H groups in total. The molecule has 160 valence electrons. The van der Waals surface area contributed by atoms with Crippen molar-refractivity contribution in [1.82, 2.24) is 5.32 Å². The van der Waals surface area contributed by atoms with Gasteiger partial charge in [-0.15, -0.1) is 5.10 Å². The van der Waals surface area contributed by atoms with Gasteiger partial charge >= 0.3 is 5.97 Å². The van der Waals surface area contributed by atoms with Crippen molar-refractivity contribution in [2.24, 2.45) is 10.2 Å². The van der Waals surface area contributed by atoms with E-state index < -0.39 is 11.2 Å². The van der Waals surface area contributed by atoms with Crippen LogP contribution in [0, 0.1) is 0 Å². The summed E-state index contributed by atoms with van der Waals surface area (Å²) in [6, 6.07) is 19.5. The molecule has 0 aliphatic carbocycles. The number of hydrogen-bond donors (Lipinski definition) is 3. The van der Waals surface area contributed by atoms with E-state index in [1.165, 1.54) is 18.3 Å². The molecule has 1 fully saturated rings. The van der Waals surface area contributed by atoms with Crippen LogP contribution in [-0.2, 0) is 9.59 Å². The van der Waals surface area contributed by atoms with E-state index >= 15 is 0 Å². The van der Waals surface area contributed by atoms with Gasteiger partial charge in [-0.2, -0.15) is 5.10 Å². The molecule has 1 heterocycles. The number of amidine groups is 1. The largest absolute Gasteiger partial charge is 0.478 e. The van der Waals surface area contributed by atoms with Gasteiger partial charge < -0.3 is 15.7 Å². The van der Waals surface area contributed by atoms with Crippen LogP contribution in [0.2, 0.25) is 0 Å². The minimum absolute atomic E-state index is 0.000887. The van der Waals surface area contributed by atoms with Gasteiger partial charge in [-0.05, 0) is 29.1 Å². The second-order valence-electron chi connectivity index (χ2n) is 6.95. The van der Waals surface area contributed by atoms with E-state index in [2.05, 4.69) is 20.8 Å². The van der Waals surface area contributed by atoms with Crippen molar-refractivity contribution in [2.75, 3.05) is 5.32 Å². The Labute approximate surface area is 187 Å². The van der Waals surface area contributed by atoms with Crippen LogP contribution in [0.3, 0.4) is 0 Å². The maximum atomic E-state index is 12.5. The highest BCUT2D eigenvalue weighted by molar-refractivity contribution is 8.15. The van der Waals surface area contributed by atoms with Gasteiger partial charge in [-0.1, -0.05) is 60.3 Å². The highest BCUT2D eigenvalue weighted by Gasteiger charge is 2.32. The maximum absolute atomic E-state index is 12.5. The van der Waals surface area contributed by atoms with Crippen LogP contribution >= 0.6 is 11.8 Å². The van der Waals surface area contributed by atoms with Crippen LogP contribution in [0.25, 0.3) is 10.8 Å². The first-order valence-corrected chi connectivity index (χ1v) is 10.6. The second-order valence-corrected chi connectivity index (χ2v) is 8.14. The lowest BCUT2D eigenvalue weighted by molar-refractivity contribution is -0.122. The fourth-order valence-electron chi connectivity index (χ4n) is 3.15. The van der Waals surface area contributed by atoms with Crippen molar-refractivity contribution in [3.05, 3.63) is 77.9 Å². The first-order chi connectivity index (χ1) is 15.5. The molecule has 0 bridgehead atoms. The Hall–Kier alpha value is -3.98. The standard InChI is InChI=1S/C23H18N4O4S/c28-20(25-18-7-3-5-15-4-1-2-6-17(15)18)12-19-21(29)26-23(32-19)27-24-13-14-8-10-16(11-9-14)22(30)31/h1-11,13,19H,12H2,(H,25,28)(H,30,31)(H,26,27,29). The molecule has 3 aromatic carbocycles. The number of aromatic carboxylic acids is 1. The normalized spacial score (nSPS) is 17.1. The predicted octanol–water partition coefficient (Wildman–Crippen LogP) is 3.49. The lowest BCUT2D eigenvalue weighted by Gasteiger charge is -2.10. The molecule has 9 heteroatoms. The summed E-state index contributed by atoms with van der Waals surface area (Å²) in [5.41, 5.74) is 1.54.